The molecule has 1 atom stereocenters. The van der Waals surface area contributed by atoms with Crippen LogP contribution in [0.2, 0.25) is 5.02 Å². The molecule has 0 saturated carbocycles. The molecule has 1 aromatic carbocycles. The number of rotatable bonds is 8. The largest absolute Gasteiger partial charge is 0.379 e. The summed E-state index contributed by atoms with van der Waals surface area (Å²) in [6.07, 6.45) is 3.51. The maximum absolute atomic E-state index is 6.22. The number of ether oxygens (including phenoxy) is 2. The van der Waals surface area contributed by atoms with Gasteiger partial charge in [-0.3, -0.25) is 4.99 Å². The van der Waals surface area contributed by atoms with E-state index in [1.54, 1.807) is 7.05 Å². The fraction of sp³-hybridized carbons (Fsp3) is 0.611. The molecule has 24 heavy (non-hydrogen) atoms. The van der Waals surface area contributed by atoms with Crippen molar-refractivity contribution in [2.24, 2.45) is 4.99 Å². The number of nitrogens with zero attached hydrogens (tertiary/aromatic N) is 2. The van der Waals surface area contributed by atoms with Gasteiger partial charge in [-0.25, -0.2) is 0 Å². The summed E-state index contributed by atoms with van der Waals surface area (Å²) >= 11 is 6.22. The minimum absolute atomic E-state index is 0.299. The second kappa shape index (κ2) is 10.5. The molecule has 1 unspecified atom stereocenters. The first-order valence-electron chi connectivity index (χ1n) is 8.55. The average molecular weight is 354 g/mol. The molecule has 1 aliphatic heterocycles. The molecule has 1 N–H and O–H groups in total. The van der Waals surface area contributed by atoms with Crippen LogP contribution in [0, 0.1) is 0 Å². The topological polar surface area (TPSA) is 46.1 Å². The quantitative estimate of drug-likeness (QED) is 0.443. The van der Waals surface area contributed by atoms with Crippen molar-refractivity contribution in [3.63, 3.8) is 0 Å². The van der Waals surface area contributed by atoms with Gasteiger partial charge in [0.1, 0.15) is 0 Å². The predicted molar refractivity (Wildman–Crippen MR) is 98.7 cm³/mol. The van der Waals surface area contributed by atoms with E-state index in [1.165, 1.54) is 0 Å². The van der Waals surface area contributed by atoms with Crippen LogP contribution in [0.1, 0.15) is 24.8 Å². The molecule has 5 nitrogen and oxygen atoms in total. The van der Waals surface area contributed by atoms with Gasteiger partial charge in [-0.2, -0.15) is 0 Å². The third kappa shape index (κ3) is 6.30. The van der Waals surface area contributed by atoms with Gasteiger partial charge in [0.15, 0.2) is 5.96 Å². The number of guanidine groups is 1. The van der Waals surface area contributed by atoms with Crippen LogP contribution in [-0.4, -0.2) is 57.4 Å². The fourth-order valence-electron chi connectivity index (χ4n) is 2.71. The van der Waals surface area contributed by atoms with Crippen molar-refractivity contribution in [1.29, 1.82) is 0 Å². The minimum atomic E-state index is 0.299. The normalized spacial score (nSPS) is 18.0. The summed E-state index contributed by atoms with van der Waals surface area (Å²) in [5, 5.41) is 4.14. The van der Waals surface area contributed by atoms with Crippen molar-refractivity contribution in [3.8, 4) is 0 Å². The van der Waals surface area contributed by atoms with Crippen LogP contribution >= 0.6 is 11.6 Å². The van der Waals surface area contributed by atoms with E-state index in [1.807, 2.05) is 31.3 Å². The first-order chi connectivity index (χ1) is 11.7. The molecule has 0 aromatic heterocycles. The summed E-state index contributed by atoms with van der Waals surface area (Å²) in [7, 11) is 3.80. The smallest absolute Gasteiger partial charge is 0.193 e. The third-order valence-electron chi connectivity index (χ3n) is 4.02. The van der Waals surface area contributed by atoms with E-state index in [4.69, 9.17) is 21.1 Å². The molecule has 134 valence electrons. The maximum atomic E-state index is 6.22. The molecular formula is C18H28ClN3O2. The van der Waals surface area contributed by atoms with E-state index >= 15 is 0 Å². The molecule has 1 heterocycles. The highest BCUT2D eigenvalue weighted by Crippen LogP contribution is 2.16. The first kappa shape index (κ1) is 19.0. The standard InChI is InChI=1S/C18H28ClN3O2/c1-20-18(22(2)13-15-7-3-4-9-17(15)19)21-10-6-11-23-14-16-8-5-12-24-16/h3-4,7,9,16H,5-6,8,10-14H2,1-2H3,(H,20,21). The van der Waals surface area contributed by atoms with Crippen LogP contribution in [0.3, 0.4) is 0 Å². The Morgan fingerprint density at radius 3 is 3.00 bits per heavy atom. The Kier molecular flexibility index (Phi) is 8.36. The Morgan fingerprint density at radius 2 is 2.29 bits per heavy atom. The minimum Gasteiger partial charge on any atom is -0.379 e. The van der Waals surface area contributed by atoms with Crippen molar-refractivity contribution in [2.75, 3.05) is 40.5 Å². The maximum Gasteiger partial charge on any atom is 0.193 e. The van der Waals surface area contributed by atoms with Crippen LogP contribution in [0.4, 0.5) is 0 Å². The molecule has 6 heteroatoms. The lowest BCUT2D eigenvalue weighted by molar-refractivity contribution is 0.0168. The van der Waals surface area contributed by atoms with Crippen LogP contribution in [0.15, 0.2) is 29.3 Å². The van der Waals surface area contributed by atoms with Gasteiger partial charge in [0.2, 0.25) is 0 Å². The lowest BCUT2D eigenvalue weighted by Gasteiger charge is -2.22. The number of nitrogens with one attached hydrogen (secondary N) is 1. The van der Waals surface area contributed by atoms with E-state index in [2.05, 4.69) is 15.2 Å². The monoisotopic (exact) mass is 353 g/mol. The molecule has 0 bridgehead atoms. The van der Waals surface area contributed by atoms with E-state index < -0.39 is 0 Å². The zero-order chi connectivity index (χ0) is 17.2. The Hall–Kier alpha value is -1.30. The SMILES string of the molecule is CN=C(NCCCOCC1CCCO1)N(C)Cc1ccccc1Cl. The molecule has 1 saturated heterocycles. The van der Waals surface area contributed by atoms with E-state index in [0.717, 1.165) is 62.1 Å². The molecule has 1 aromatic rings. The van der Waals surface area contributed by atoms with Gasteiger partial charge < -0.3 is 19.7 Å². The summed E-state index contributed by atoms with van der Waals surface area (Å²) in [6.45, 7) is 3.86. The summed E-state index contributed by atoms with van der Waals surface area (Å²) in [4.78, 5) is 6.39. The molecule has 1 aliphatic rings. The van der Waals surface area contributed by atoms with E-state index in [0.29, 0.717) is 12.7 Å². The Labute approximate surface area is 150 Å². The van der Waals surface area contributed by atoms with Crippen molar-refractivity contribution in [1.82, 2.24) is 10.2 Å². The summed E-state index contributed by atoms with van der Waals surface area (Å²) in [5.74, 6) is 0.856. The second-order valence-electron chi connectivity index (χ2n) is 5.98. The predicted octanol–water partition coefficient (Wildman–Crippen LogP) is 2.93. The molecule has 1 fully saturated rings. The first-order valence-corrected chi connectivity index (χ1v) is 8.93. The third-order valence-corrected chi connectivity index (χ3v) is 4.38. The van der Waals surface area contributed by atoms with Crippen LogP contribution < -0.4 is 5.32 Å². The highest BCUT2D eigenvalue weighted by molar-refractivity contribution is 6.31. The lowest BCUT2D eigenvalue weighted by Crippen LogP contribution is -2.39. The number of aliphatic imine (C=N–C) groups is 1. The Bertz CT molecular complexity index is 519. The van der Waals surface area contributed by atoms with Gasteiger partial charge in [-0.15, -0.1) is 0 Å². The van der Waals surface area contributed by atoms with Crippen LogP contribution in [0.5, 0.6) is 0 Å². The summed E-state index contributed by atoms with van der Waals surface area (Å²) < 4.78 is 11.2. The van der Waals surface area contributed by atoms with Gasteiger partial charge in [0, 0.05) is 45.4 Å². The van der Waals surface area contributed by atoms with Gasteiger partial charge >= 0.3 is 0 Å². The van der Waals surface area contributed by atoms with Gasteiger partial charge in [0.05, 0.1) is 12.7 Å². The number of halogens is 1. The zero-order valence-corrected chi connectivity index (χ0v) is 15.4. The second-order valence-corrected chi connectivity index (χ2v) is 6.39. The van der Waals surface area contributed by atoms with Crippen molar-refractivity contribution < 1.29 is 9.47 Å². The molecule has 0 amide bonds. The van der Waals surface area contributed by atoms with Gasteiger partial charge in [0.25, 0.3) is 0 Å². The van der Waals surface area contributed by atoms with Crippen LogP contribution in [0.25, 0.3) is 0 Å². The van der Waals surface area contributed by atoms with Crippen LogP contribution in [-0.2, 0) is 16.0 Å². The molecule has 2 rings (SSSR count). The molecule has 0 spiro atoms. The van der Waals surface area contributed by atoms with Gasteiger partial charge in [-0.05, 0) is 30.9 Å². The Morgan fingerprint density at radius 1 is 1.46 bits per heavy atom. The highest BCUT2D eigenvalue weighted by Gasteiger charge is 2.15. The molecule has 0 radical (unpaired) electrons. The summed E-state index contributed by atoms with van der Waals surface area (Å²) in [6, 6.07) is 7.88. The van der Waals surface area contributed by atoms with E-state index in [-0.39, 0.29) is 0 Å². The van der Waals surface area contributed by atoms with E-state index in [9.17, 15) is 0 Å². The molecular weight excluding hydrogens is 326 g/mol. The lowest BCUT2D eigenvalue weighted by atomic mass is 10.2. The van der Waals surface area contributed by atoms with Crippen molar-refractivity contribution >= 4 is 17.6 Å². The highest BCUT2D eigenvalue weighted by atomic mass is 35.5. The number of benzene rings is 1. The van der Waals surface area contributed by atoms with Crippen molar-refractivity contribution in [2.45, 2.75) is 31.9 Å². The molecule has 0 aliphatic carbocycles. The van der Waals surface area contributed by atoms with Gasteiger partial charge in [-0.1, -0.05) is 29.8 Å². The zero-order valence-electron chi connectivity index (χ0n) is 14.6. The fourth-order valence-corrected chi connectivity index (χ4v) is 2.90. The number of hydrogen-bond acceptors (Lipinski definition) is 3. The number of hydrogen-bond donors (Lipinski definition) is 1. The average Bonchev–Trinajstić information content (AvgIpc) is 3.09. The summed E-state index contributed by atoms with van der Waals surface area (Å²) in [5.41, 5.74) is 1.09. The van der Waals surface area contributed by atoms with Crippen molar-refractivity contribution in [3.05, 3.63) is 34.9 Å². The Balaban J connectivity index is 1.63.